The summed E-state index contributed by atoms with van der Waals surface area (Å²) in [5.74, 6) is 2.00. The van der Waals surface area contributed by atoms with Gasteiger partial charge in [0, 0.05) is 17.6 Å². The molecule has 22 heavy (non-hydrogen) atoms. The fourth-order valence-corrected chi connectivity index (χ4v) is 2.88. The Bertz CT molecular complexity index is 783. The SMILES string of the molecule is Cc1csc(Nc2cc(Oc3c(C)cccc3Cl)ccn2)n1. The largest absolute Gasteiger partial charge is 0.455 e. The van der Waals surface area contributed by atoms with Gasteiger partial charge < -0.3 is 10.1 Å². The van der Waals surface area contributed by atoms with Crippen molar-refractivity contribution in [3.8, 4) is 11.5 Å². The first-order chi connectivity index (χ1) is 10.6. The summed E-state index contributed by atoms with van der Waals surface area (Å²) in [5, 5.41) is 6.53. The van der Waals surface area contributed by atoms with Gasteiger partial charge in [-0.3, -0.25) is 0 Å². The molecule has 0 saturated carbocycles. The van der Waals surface area contributed by atoms with Crippen LogP contribution in [0.1, 0.15) is 11.3 Å². The average Bonchev–Trinajstić information content (AvgIpc) is 2.89. The first kappa shape index (κ1) is 14.8. The van der Waals surface area contributed by atoms with Crippen molar-refractivity contribution in [1.29, 1.82) is 0 Å². The molecular weight excluding hydrogens is 318 g/mol. The number of nitrogens with zero attached hydrogens (tertiary/aromatic N) is 2. The third-order valence-corrected chi connectivity index (χ3v) is 4.14. The van der Waals surface area contributed by atoms with E-state index in [-0.39, 0.29) is 0 Å². The van der Waals surface area contributed by atoms with E-state index < -0.39 is 0 Å². The van der Waals surface area contributed by atoms with E-state index >= 15 is 0 Å². The Hall–Kier alpha value is -2.11. The van der Waals surface area contributed by atoms with Crippen LogP contribution in [0.3, 0.4) is 0 Å². The Morgan fingerprint density at radius 3 is 2.82 bits per heavy atom. The van der Waals surface area contributed by atoms with Gasteiger partial charge in [-0.2, -0.15) is 0 Å². The summed E-state index contributed by atoms with van der Waals surface area (Å²) < 4.78 is 5.89. The van der Waals surface area contributed by atoms with Crippen molar-refractivity contribution in [3.05, 3.63) is 58.2 Å². The Labute approximate surface area is 137 Å². The number of hydrogen-bond acceptors (Lipinski definition) is 5. The zero-order valence-corrected chi connectivity index (χ0v) is 13.7. The van der Waals surface area contributed by atoms with E-state index in [1.54, 1.807) is 12.3 Å². The van der Waals surface area contributed by atoms with Gasteiger partial charge in [-0.1, -0.05) is 23.7 Å². The van der Waals surface area contributed by atoms with Gasteiger partial charge >= 0.3 is 0 Å². The summed E-state index contributed by atoms with van der Waals surface area (Å²) in [7, 11) is 0. The summed E-state index contributed by atoms with van der Waals surface area (Å²) >= 11 is 7.72. The molecule has 1 N–H and O–H groups in total. The number of ether oxygens (including phenoxy) is 1. The van der Waals surface area contributed by atoms with E-state index in [2.05, 4.69) is 15.3 Å². The highest BCUT2D eigenvalue weighted by Gasteiger charge is 2.08. The summed E-state index contributed by atoms with van der Waals surface area (Å²) in [4.78, 5) is 8.63. The summed E-state index contributed by atoms with van der Waals surface area (Å²) in [6.45, 7) is 3.91. The molecule has 0 aliphatic rings. The second-order valence-corrected chi connectivity index (χ2v) is 6.05. The number of benzene rings is 1. The fraction of sp³-hybridized carbons (Fsp3) is 0.125. The van der Waals surface area contributed by atoms with E-state index in [0.29, 0.717) is 22.3 Å². The van der Waals surface area contributed by atoms with Gasteiger partial charge in [-0.05, 0) is 31.5 Å². The lowest BCUT2D eigenvalue weighted by atomic mass is 10.2. The number of para-hydroxylation sites is 1. The van der Waals surface area contributed by atoms with Gasteiger partial charge in [0.1, 0.15) is 17.3 Å². The van der Waals surface area contributed by atoms with Gasteiger partial charge in [-0.15, -0.1) is 11.3 Å². The standard InChI is InChI=1S/C16H14ClN3OS/c1-10-4-3-5-13(17)15(10)21-12-6-7-18-14(8-12)20-16-19-11(2)9-22-16/h3-9H,1-2H3,(H,18,19,20). The molecule has 0 saturated heterocycles. The van der Waals surface area contributed by atoms with Crippen molar-refractivity contribution in [2.75, 3.05) is 5.32 Å². The third-order valence-electron chi connectivity index (χ3n) is 2.97. The minimum absolute atomic E-state index is 0.585. The van der Waals surface area contributed by atoms with Crippen LogP contribution >= 0.6 is 22.9 Å². The highest BCUT2D eigenvalue weighted by atomic mass is 35.5. The predicted octanol–water partition coefficient (Wildman–Crippen LogP) is 5.34. The monoisotopic (exact) mass is 331 g/mol. The van der Waals surface area contributed by atoms with Crippen molar-refractivity contribution >= 4 is 33.9 Å². The van der Waals surface area contributed by atoms with Crippen molar-refractivity contribution < 1.29 is 4.74 Å². The van der Waals surface area contributed by atoms with Crippen molar-refractivity contribution in [2.45, 2.75) is 13.8 Å². The number of aryl methyl sites for hydroxylation is 2. The number of thiazole rings is 1. The molecule has 6 heteroatoms. The van der Waals surface area contributed by atoms with Crippen LogP contribution in [0.2, 0.25) is 5.02 Å². The topological polar surface area (TPSA) is 47.0 Å². The maximum atomic E-state index is 6.19. The van der Waals surface area contributed by atoms with E-state index in [1.165, 1.54) is 11.3 Å². The van der Waals surface area contributed by atoms with Gasteiger partial charge in [0.15, 0.2) is 5.13 Å². The Morgan fingerprint density at radius 2 is 2.09 bits per heavy atom. The molecule has 3 aromatic rings. The smallest absolute Gasteiger partial charge is 0.188 e. The third kappa shape index (κ3) is 3.37. The molecule has 0 atom stereocenters. The normalized spacial score (nSPS) is 10.5. The van der Waals surface area contributed by atoms with Crippen LogP contribution in [-0.4, -0.2) is 9.97 Å². The number of halogens is 1. The fourth-order valence-electron chi connectivity index (χ4n) is 1.93. The van der Waals surface area contributed by atoms with Crippen LogP contribution in [0.4, 0.5) is 10.9 Å². The number of aromatic nitrogens is 2. The number of anilines is 2. The number of hydrogen-bond donors (Lipinski definition) is 1. The molecule has 3 rings (SSSR count). The second-order valence-electron chi connectivity index (χ2n) is 4.78. The van der Waals surface area contributed by atoms with Crippen molar-refractivity contribution in [2.24, 2.45) is 0 Å². The van der Waals surface area contributed by atoms with Gasteiger partial charge in [0.25, 0.3) is 0 Å². The molecule has 0 unspecified atom stereocenters. The highest BCUT2D eigenvalue weighted by molar-refractivity contribution is 7.13. The van der Waals surface area contributed by atoms with Crippen LogP contribution in [0.15, 0.2) is 41.9 Å². The zero-order chi connectivity index (χ0) is 15.5. The molecule has 112 valence electrons. The highest BCUT2D eigenvalue weighted by Crippen LogP contribution is 2.33. The maximum Gasteiger partial charge on any atom is 0.188 e. The molecule has 0 bridgehead atoms. The van der Waals surface area contributed by atoms with Crippen molar-refractivity contribution in [1.82, 2.24) is 9.97 Å². The number of rotatable bonds is 4. The first-order valence-electron chi connectivity index (χ1n) is 6.70. The van der Waals surface area contributed by atoms with Crippen LogP contribution in [0.5, 0.6) is 11.5 Å². The van der Waals surface area contributed by atoms with Crippen LogP contribution in [0.25, 0.3) is 0 Å². The molecule has 0 aliphatic carbocycles. The molecule has 0 aliphatic heterocycles. The second kappa shape index (κ2) is 6.34. The van der Waals surface area contributed by atoms with Gasteiger partial charge in [-0.25, -0.2) is 9.97 Å². The minimum atomic E-state index is 0.585. The lowest BCUT2D eigenvalue weighted by Crippen LogP contribution is -1.94. The van der Waals surface area contributed by atoms with Crippen LogP contribution < -0.4 is 10.1 Å². The van der Waals surface area contributed by atoms with Crippen LogP contribution in [0, 0.1) is 13.8 Å². The summed E-state index contributed by atoms with van der Waals surface area (Å²) in [5.41, 5.74) is 1.96. The summed E-state index contributed by atoms with van der Waals surface area (Å²) in [6, 6.07) is 9.28. The molecule has 0 amide bonds. The minimum Gasteiger partial charge on any atom is -0.455 e. The zero-order valence-electron chi connectivity index (χ0n) is 12.1. The molecule has 0 radical (unpaired) electrons. The first-order valence-corrected chi connectivity index (χ1v) is 7.96. The molecule has 0 fully saturated rings. The lowest BCUT2D eigenvalue weighted by molar-refractivity contribution is 0.479. The van der Waals surface area contributed by atoms with Gasteiger partial charge in [0.05, 0.1) is 10.7 Å². The lowest BCUT2D eigenvalue weighted by Gasteiger charge is -2.11. The molecule has 2 heterocycles. The molecule has 1 aromatic carbocycles. The Balaban J connectivity index is 1.82. The molecule has 0 spiro atoms. The Morgan fingerprint density at radius 1 is 1.23 bits per heavy atom. The van der Waals surface area contributed by atoms with E-state index in [1.807, 2.05) is 43.5 Å². The van der Waals surface area contributed by atoms with Crippen molar-refractivity contribution in [3.63, 3.8) is 0 Å². The van der Waals surface area contributed by atoms with E-state index in [9.17, 15) is 0 Å². The maximum absolute atomic E-state index is 6.19. The summed E-state index contributed by atoms with van der Waals surface area (Å²) in [6.07, 6.45) is 1.68. The molecular formula is C16H14ClN3OS. The molecule has 2 aromatic heterocycles. The average molecular weight is 332 g/mol. The number of nitrogens with one attached hydrogen (secondary N) is 1. The quantitative estimate of drug-likeness (QED) is 0.700. The molecule has 4 nitrogen and oxygen atoms in total. The number of pyridine rings is 1. The van der Waals surface area contributed by atoms with Crippen LogP contribution in [-0.2, 0) is 0 Å². The van der Waals surface area contributed by atoms with Gasteiger partial charge in [0.2, 0.25) is 0 Å². The van der Waals surface area contributed by atoms with E-state index in [0.717, 1.165) is 16.4 Å². The predicted molar refractivity (Wildman–Crippen MR) is 90.6 cm³/mol. The van der Waals surface area contributed by atoms with E-state index in [4.69, 9.17) is 16.3 Å². The Kier molecular flexibility index (Phi) is 4.27.